The zero-order valence-corrected chi connectivity index (χ0v) is 20.6. The molecule has 0 unspecified atom stereocenters. The Labute approximate surface area is 208 Å². The van der Waals surface area contributed by atoms with Gasteiger partial charge in [0.1, 0.15) is 16.8 Å². The van der Waals surface area contributed by atoms with Gasteiger partial charge >= 0.3 is 5.97 Å². The van der Waals surface area contributed by atoms with Gasteiger partial charge in [0.15, 0.2) is 16.7 Å². The zero-order valence-electron chi connectivity index (χ0n) is 19.8. The molecule has 2 N–H and O–H groups in total. The van der Waals surface area contributed by atoms with E-state index in [9.17, 15) is 10.1 Å². The van der Waals surface area contributed by atoms with Gasteiger partial charge in [0.05, 0.1) is 37.1 Å². The Balaban J connectivity index is 1.98. The Hall–Kier alpha value is -3.90. The molecule has 0 saturated heterocycles. The molecule has 1 atom stereocenters. The van der Waals surface area contributed by atoms with Crippen LogP contribution in [0.15, 0.2) is 69.8 Å². The molecule has 2 aromatic carbocycles. The minimum absolute atomic E-state index is 0.199. The minimum atomic E-state index is -0.690. The number of benzene rings is 2. The number of esters is 1. The molecule has 180 valence electrons. The first-order valence-corrected chi connectivity index (χ1v) is 12.2. The standard InChI is InChI=1S/C26H26N4O4S/c1-4-32-18-13-12-17(14-19(18)33-5-2)23-21(25(31)34-6-3)22(16-10-8-7-9-11-16)29-26-30(23)24(28)20(15-27)35-26/h7-14,23H,4-6,28H2,1-3H3/t23-/m1/s1. The molecule has 35 heavy (non-hydrogen) atoms. The third kappa shape index (κ3) is 4.57. The second kappa shape index (κ2) is 10.6. The highest BCUT2D eigenvalue weighted by Gasteiger charge is 2.44. The summed E-state index contributed by atoms with van der Waals surface area (Å²) < 4.78 is 17.1. The van der Waals surface area contributed by atoms with Crippen LogP contribution in [0.5, 0.6) is 11.5 Å². The van der Waals surface area contributed by atoms with Gasteiger partial charge in [-0.3, -0.25) is 4.90 Å². The molecule has 0 spiro atoms. The lowest BCUT2D eigenvalue weighted by molar-refractivity contribution is -0.139. The lowest BCUT2D eigenvalue weighted by Gasteiger charge is -2.35. The fourth-order valence-electron chi connectivity index (χ4n) is 4.01. The Kier molecular flexibility index (Phi) is 7.32. The van der Waals surface area contributed by atoms with Crippen molar-refractivity contribution >= 4 is 28.6 Å². The number of thioether (sulfide) groups is 1. The van der Waals surface area contributed by atoms with Gasteiger partial charge < -0.3 is 19.9 Å². The molecule has 0 aliphatic carbocycles. The predicted octanol–water partition coefficient (Wildman–Crippen LogP) is 4.57. The monoisotopic (exact) mass is 490 g/mol. The largest absolute Gasteiger partial charge is 0.490 e. The molecule has 0 bridgehead atoms. The average molecular weight is 491 g/mol. The van der Waals surface area contributed by atoms with E-state index in [0.717, 1.165) is 11.1 Å². The van der Waals surface area contributed by atoms with Crippen LogP contribution in [-0.2, 0) is 9.53 Å². The van der Waals surface area contributed by atoms with E-state index in [1.807, 2.05) is 62.4 Å². The van der Waals surface area contributed by atoms with Crippen molar-refractivity contribution in [3.8, 4) is 17.6 Å². The highest BCUT2D eigenvalue weighted by molar-refractivity contribution is 8.17. The average Bonchev–Trinajstić information content (AvgIpc) is 3.20. The van der Waals surface area contributed by atoms with E-state index >= 15 is 0 Å². The third-order valence-corrected chi connectivity index (χ3v) is 6.39. The lowest BCUT2D eigenvalue weighted by atomic mass is 9.91. The van der Waals surface area contributed by atoms with Crippen LogP contribution in [0.25, 0.3) is 5.70 Å². The van der Waals surface area contributed by atoms with Crippen molar-refractivity contribution in [2.24, 2.45) is 10.7 Å². The maximum absolute atomic E-state index is 13.4. The van der Waals surface area contributed by atoms with E-state index in [1.54, 1.807) is 11.8 Å². The zero-order chi connectivity index (χ0) is 24.9. The Morgan fingerprint density at radius 3 is 2.46 bits per heavy atom. The van der Waals surface area contributed by atoms with Crippen molar-refractivity contribution in [2.75, 3.05) is 19.8 Å². The summed E-state index contributed by atoms with van der Waals surface area (Å²) in [5, 5.41) is 10.2. The second-order valence-electron chi connectivity index (χ2n) is 7.52. The number of rotatable bonds is 8. The quantitative estimate of drug-likeness (QED) is 0.536. The normalized spacial score (nSPS) is 17.0. The summed E-state index contributed by atoms with van der Waals surface area (Å²) in [7, 11) is 0. The Morgan fingerprint density at radius 1 is 1.09 bits per heavy atom. The summed E-state index contributed by atoms with van der Waals surface area (Å²) in [6, 6.07) is 16.4. The van der Waals surface area contributed by atoms with Gasteiger partial charge in [0.2, 0.25) is 0 Å². The highest BCUT2D eigenvalue weighted by atomic mass is 32.2. The van der Waals surface area contributed by atoms with Crippen LogP contribution in [0.1, 0.15) is 37.9 Å². The van der Waals surface area contributed by atoms with Gasteiger partial charge in [-0.2, -0.15) is 5.26 Å². The number of fused-ring (bicyclic) bond motifs is 1. The fourth-order valence-corrected chi connectivity index (χ4v) is 4.88. The maximum atomic E-state index is 13.4. The summed E-state index contributed by atoms with van der Waals surface area (Å²) >= 11 is 1.18. The molecule has 9 heteroatoms. The number of carbonyl (C=O) groups is 1. The molecule has 2 aliphatic heterocycles. The number of amidine groups is 1. The number of nitriles is 1. The van der Waals surface area contributed by atoms with Crippen molar-refractivity contribution in [1.29, 1.82) is 5.26 Å². The molecule has 2 aromatic rings. The number of carbonyl (C=O) groups excluding carboxylic acids is 1. The number of allylic oxidation sites excluding steroid dienone is 1. The van der Waals surface area contributed by atoms with Crippen molar-refractivity contribution in [2.45, 2.75) is 26.8 Å². The first-order chi connectivity index (χ1) is 17.0. The lowest BCUT2D eigenvalue weighted by Crippen LogP contribution is -2.38. The van der Waals surface area contributed by atoms with Gasteiger partial charge in [-0.15, -0.1) is 0 Å². The Morgan fingerprint density at radius 2 is 1.80 bits per heavy atom. The first kappa shape index (κ1) is 24.2. The van der Waals surface area contributed by atoms with Gasteiger partial charge in [0, 0.05) is 5.56 Å². The highest BCUT2D eigenvalue weighted by Crippen LogP contribution is 2.48. The maximum Gasteiger partial charge on any atom is 0.338 e. The third-order valence-electron chi connectivity index (χ3n) is 5.41. The Bertz CT molecular complexity index is 1260. The molecule has 0 amide bonds. The number of hydrogen-bond acceptors (Lipinski definition) is 9. The van der Waals surface area contributed by atoms with E-state index in [0.29, 0.717) is 46.1 Å². The number of nitrogens with two attached hydrogens (primary N) is 1. The van der Waals surface area contributed by atoms with Crippen molar-refractivity contribution in [3.63, 3.8) is 0 Å². The molecule has 0 radical (unpaired) electrons. The molecule has 0 saturated carbocycles. The van der Waals surface area contributed by atoms with Crippen molar-refractivity contribution < 1.29 is 19.0 Å². The van der Waals surface area contributed by atoms with E-state index in [4.69, 9.17) is 24.9 Å². The molecular formula is C26H26N4O4S. The van der Waals surface area contributed by atoms with E-state index < -0.39 is 12.0 Å². The topological polar surface area (TPSA) is 110 Å². The van der Waals surface area contributed by atoms with Crippen LogP contribution in [0.3, 0.4) is 0 Å². The second-order valence-corrected chi connectivity index (χ2v) is 8.49. The fraction of sp³-hybridized carbons (Fsp3) is 0.269. The summed E-state index contributed by atoms with van der Waals surface area (Å²) in [5.74, 6) is 0.885. The number of hydrogen-bond donors (Lipinski definition) is 1. The van der Waals surface area contributed by atoms with Crippen LogP contribution < -0.4 is 15.2 Å². The van der Waals surface area contributed by atoms with Crippen molar-refractivity contribution in [1.82, 2.24) is 4.90 Å². The summed E-state index contributed by atoms with van der Waals surface area (Å²) in [4.78, 5) is 20.3. The smallest absolute Gasteiger partial charge is 0.338 e. The first-order valence-electron chi connectivity index (χ1n) is 11.4. The summed E-state index contributed by atoms with van der Waals surface area (Å²) in [6.45, 7) is 6.67. The van der Waals surface area contributed by atoms with Gasteiger partial charge in [-0.1, -0.05) is 36.4 Å². The van der Waals surface area contributed by atoms with Gasteiger partial charge in [-0.25, -0.2) is 9.79 Å². The number of ether oxygens (including phenoxy) is 3. The van der Waals surface area contributed by atoms with E-state index in [-0.39, 0.29) is 12.4 Å². The molecule has 8 nitrogen and oxygen atoms in total. The number of nitrogens with zero attached hydrogens (tertiary/aromatic N) is 3. The van der Waals surface area contributed by atoms with E-state index in [1.165, 1.54) is 11.8 Å². The molecular weight excluding hydrogens is 464 g/mol. The van der Waals surface area contributed by atoms with E-state index in [2.05, 4.69) is 6.07 Å². The minimum Gasteiger partial charge on any atom is -0.490 e. The van der Waals surface area contributed by atoms with Crippen LogP contribution in [-0.4, -0.2) is 35.9 Å². The predicted molar refractivity (Wildman–Crippen MR) is 135 cm³/mol. The molecule has 2 heterocycles. The summed E-state index contributed by atoms with van der Waals surface area (Å²) in [5.41, 5.74) is 8.71. The van der Waals surface area contributed by atoms with Crippen LogP contribution in [0.4, 0.5) is 0 Å². The van der Waals surface area contributed by atoms with Crippen LogP contribution >= 0.6 is 11.8 Å². The molecule has 0 fully saturated rings. The molecule has 4 rings (SSSR count). The SMILES string of the molecule is CCOC(=O)C1=C(c2ccccc2)N=C2SC(C#N)=C(N)N2[C@@H]1c1ccc(OCC)c(OCC)c1. The van der Waals surface area contributed by atoms with Crippen LogP contribution in [0, 0.1) is 11.3 Å². The van der Waals surface area contributed by atoms with Crippen molar-refractivity contribution in [3.05, 3.63) is 76.0 Å². The van der Waals surface area contributed by atoms with Gasteiger partial charge in [0.25, 0.3) is 0 Å². The van der Waals surface area contributed by atoms with Gasteiger partial charge in [-0.05, 0) is 50.2 Å². The van der Waals surface area contributed by atoms with Crippen LogP contribution in [0.2, 0.25) is 0 Å². The molecule has 2 aliphatic rings. The number of aliphatic imine (C=N–C) groups is 1. The molecule has 0 aromatic heterocycles. The summed E-state index contributed by atoms with van der Waals surface area (Å²) in [6.07, 6.45) is 0.